The molecule has 6 heteroatoms. The zero-order valence-corrected chi connectivity index (χ0v) is 19.2. The summed E-state index contributed by atoms with van der Waals surface area (Å²) in [5, 5.41) is 0. The van der Waals surface area contributed by atoms with Gasteiger partial charge in [-0.1, -0.05) is 0 Å². The Morgan fingerprint density at radius 3 is 1.70 bits per heavy atom. The van der Waals surface area contributed by atoms with Crippen LogP contribution in [-0.2, 0) is 17.1 Å². The third-order valence-corrected chi connectivity index (χ3v) is 38.1. The van der Waals surface area contributed by atoms with E-state index in [0.29, 0.717) is 0 Å². The molecule has 0 heterocycles. The molecule has 0 aromatic carbocycles. The summed E-state index contributed by atoms with van der Waals surface area (Å²) in [6.07, 6.45) is 7.26. The second-order valence-electron chi connectivity index (χ2n) is 6.81. The minimum atomic E-state index is -4.08. The van der Waals surface area contributed by atoms with Gasteiger partial charge in [0.15, 0.2) is 0 Å². The van der Waals surface area contributed by atoms with E-state index in [9.17, 15) is 3.50 Å². The normalized spacial score (nSPS) is 18.5. The standard InChI is InChI=1S/C5H5.3C3H8N.FGeH2.Zr/c1-2-4-5-3-1;3*1-3(2)4;1-2;/h1-3H,4H2;3*3-4H,1-2H3;2H2;/q;3*-1;;+3. The summed E-state index contributed by atoms with van der Waals surface area (Å²) in [7, 11) is 0. The molecule has 1 rings (SSSR count). The maximum atomic E-state index is 14.7. The first-order valence-electron chi connectivity index (χ1n) is 7.67. The van der Waals surface area contributed by atoms with Crippen LogP contribution in [0.2, 0.25) is 0 Å². The van der Waals surface area contributed by atoms with Crippen LogP contribution in [0.15, 0.2) is 21.5 Å². The summed E-state index contributed by atoms with van der Waals surface area (Å²) in [5.74, 6) is 0. The van der Waals surface area contributed by atoms with Gasteiger partial charge in [-0.05, 0) is 0 Å². The van der Waals surface area contributed by atoms with Crippen molar-refractivity contribution in [3.8, 4) is 0 Å². The summed E-state index contributed by atoms with van der Waals surface area (Å²) in [6, 6.07) is 0.836. The van der Waals surface area contributed by atoms with Crippen molar-refractivity contribution in [2.45, 2.75) is 66.1 Å². The summed E-state index contributed by atoms with van der Waals surface area (Å²) in [5.41, 5.74) is 0. The second-order valence-corrected chi connectivity index (χ2v) is 39.2. The van der Waals surface area contributed by atoms with Gasteiger partial charge in [0.05, 0.1) is 0 Å². The molecule has 0 unspecified atom stereocenters. The van der Waals surface area contributed by atoms with Gasteiger partial charge in [-0.3, -0.25) is 0 Å². The number of nitrogens with one attached hydrogen (secondary N) is 3. The van der Waals surface area contributed by atoms with E-state index in [1.807, 2.05) is 0 Å². The van der Waals surface area contributed by atoms with E-state index in [0.717, 1.165) is 6.42 Å². The maximum absolute atomic E-state index is 14.7. The molecule has 0 saturated carbocycles. The first-order valence-corrected chi connectivity index (χ1v) is 24.2. The fraction of sp³-hybridized carbons (Fsp3) is 0.714. The van der Waals surface area contributed by atoms with Crippen LogP contribution in [0.5, 0.6) is 0 Å². The Kier molecular flexibility index (Phi) is 6.87. The van der Waals surface area contributed by atoms with Gasteiger partial charge >= 0.3 is 130 Å². The van der Waals surface area contributed by atoms with Gasteiger partial charge in [0.25, 0.3) is 0 Å². The van der Waals surface area contributed by atoms with Gasteiger partial charge in [0.1, 0.15) is 0 Å². The molecule has 0 spiro atoms. The molecule has 20 heavy (non-hydrogen) atoms. The fourth-order valence-electron chi connectivity index (χ4n) is 3.37. The predicted octanol–water partition coefficient (Wildman–Crippen LogP) is 2.23. The molecule has 0 bridgehead atoms. The molecule has 1 aliphatic rings. The molecule has 3 N–H and O–H groups in total. The summed E-state index contributed by atoms with van der Waals surface area (Å²) >= 11 is -6.36. The van der Waals surface area contributed by atoms with Crippen LogP contribution in [0.1, 0.15) is 48.0 Å². The van der Waals surface area contributed by atoms with E-state index in [2.05, 4.69) is 69.6 Å². The van der Waals surface area contributed by atoms with E-state index in [4.69, 9.17) is 0 Å². The van der Waals surface area contributed by atoms with E-state index in [1.165, 1.54) is 3.28 Å². The molecule has 0 fully saturated rings. The Bertz CT molecular complexity index is 365. The van der Waals surface area contributed by atoms with Gasteiger partial charge in [0.2, 0.25) is 0 Å². The summed E-state index contributed by atoms with van der Waals surface area (Å²) in [4.78, 5) is 0. The van der Waals surface area contributed by atoms with Crippen molar-refractivity contribution in [3.05, 3.63) is 21.5 Å². The topological polar surface area (TPSA) is 36.1 Å². The van der Waals surface area contributed by atoms with Crippen molar-refractivity contribution in [1.29, 1.82) is 0 Å². The van der Waals surface area contributed by atoms with Crippen molar-refractivity contribution in [2.75, 3.05) is 0 Å². The molecule has 0 radical (unpaired) electrons. The Labute approximate surface area is 129 Å². The van der Waals surface area contributed by atoms with Crippen LogP contribution in [0.3, 0.4) is 0 Å². The van der Waals surface area contributed by atoms with E-state index >= 15 is 0 Å². The molecule has 0 aromatic rings. The predicted molar refractivity (Wildman–Crippen MR) is 86.3 cm³/mol. The van der Waals surface area contributed by atoms with Crippen molar-refractivity contribution >= 4 is 12.1 Å². The van der Waals surface area contributed by atoms with Crippen molar-refractivity contribution in [1.82, 2.24) is 9.78 Å². The third-order valence-electron chi connectivity index (χ3n) is 3.57. The molecule has 1 aliphatic carbocycles. The van der Waals surface area contributed by atoms with Gasteiger partial charge in [0, 0.05) is 0 Å². The monoisotopic (exact) mass is 424 g/mol. The van der Waals surface area contributed by atoms with E-state index in [1.54, 1.807) is 0 Å². The summed E-state index contributed by atoms with van der Waals surface area (Å²) in [6.45, 7) is 12.7. The molecule has 0 saturated heterocycles. The van der Waals surface area contributed by atoms with E-state index < -0.39 is 29.3 Å². The molecular weight excluding hydrogens is 393 g/mol. The number of hydrogen-bond donors (Lipinski definition) is 3. The molecule has 0 aromatic heterocycles. The molecule has 0 amide bonds. The van der Waals surface area contributed by atoms with Crippen LogP contribution >= 0.6 is 0 Å². The quantitative estimate of drug-likeness (QED) is 0.524. The average molecular weight is 424 g/mol. The zero-order chi connectivity index (χ0) is 15.4. The fourth-order valence-corrected chi connectivity index (χ4v) is 41.7. The van der Waals surface area contributed by atoms with Crippen molar-refractivity contribution < 1.29 is 20.6 Å². The Hall–Kier alpha value is 0.716. The average Bonchev–Trinajstić information content (AvgIpc) is 2.80. The molecule has 0 aliphatic heterocycles. The third kappa shape index (κ3) is 4.13. The van der Waals surface area contributed by atoms with Crippen molar-refractivity contribution in [3.63, 3.8) is 0 Å². The second kappa shape index (κ2) is 7.32. The van der Waals surface area contributed by atoms with Crippen molar-refractivity contribution in [2.24, 2.45) is 0 Å². The summed E-state index contributed by atoms with van der Waals surface area (Å²) < 4.78 is 27.3. The van der Waals surface area contributed by atoms with Gasteiger partial charge in [-0.2, -0.15) is 0 Å². The van der Waals surface area contributed by atoms with Crippen LogP contribution in [0.25, 0.3) is 0 Å². The van der Waals surface area contributed by atoms with Gasteiger partial charge < -0.3 is 0 Å². The number of allylic oxidation sites excluding steroid dienone is 4. The van der Waals surface area contributed by atoms with Gasteiger partial charge in [-0.25, -0.2) is 0 Å². The van der Waals surface area contributed by atoms with Crippen LogP contribution in [0, 0.1) is 0 Å². The molecular formula is C14H31FGeN3Zr. The van der Waals surface area contributed by atoms with Crippen LogP contribution in [0.4, 0.5) is 3.50 Å². The molecule has 117 valence electrons. The Balaban J connectivity index is 3.36. The van der Waals surface area contributed by atoms with Crippen LogP contribution < -0.4 is 9.78 Å². The molecule has 3 nitrogen and oxygen atoms in total. The van der Waals surface area contributed by atoms with Gasteiger partial charge in [-0.15, -0.1) is 0 Å². The number of halogens is 1. The Morgan fingerprint density at radius 2 is 1.45 bits per heavy atom. The number of rotatable bonds is 8. The Morgan fingerprint density at radius 1 is 1.00 bits per heavy atom. The molecule has 0 atom stereocenters. The minimum absolute atomic E-state index is 0.279. The van der Waals surface area contributed by atoms with Crippen LogP contribution in [-0.4, -0.2) is 30.2 Å². The SMILES string of the molecule is CC(C)[NH][Zr]([NH]C(C)C)([NH]C(C)C)([GeH2][F])[C]1=CC=CC1. The zero-order valence-electron chi connectivity index (χ0n) is 13.8. The number of hydrogen-bond acceptors (Lipinski definition) is 3. The first kappa shape index (κ1) is 18.8. The first-order chi connectivity index (χ1) is 9.24. The van der Waals surface area contributed by atoms with E-state index in [-0.39, 0.29) is 18.1 Å².